The van der Waals surface area contributed by atoms with Crippen molar-refractivity contribution in [2.24, 2.45) is 17.2 Å². The van der Waals surface area contributed by atoms with Gasteiger partial charge in [0.25, 0.3) is 0 Å². The van der Waals surface area contributed by atoms with Gasteiger partial charge in [0.05, 0.1) is 6.54 Å². The van der Waals surface area contributed by atoms with Crippen LogP contribution in [-0.4, -0.2) is 68.6 Å². The summed E-state index contributed by atoms with van der Waals surface area (Å²) in [4.78, 5) is 34.9. The number of hydrogen-bond donors (Lipinski definition) is 4. The SMILES string of the molecule is C=CCOC(=O)CCCCCCCCCCNC(=O)CN.CCC(=O)N(CCN)CCN. The number of hydrogen-bond acceptors (Lipinski definition) is 7. The summed E-state index contributed by atoms with van der Waals surface area (Å²) in [5, 5.41) is 2.76. The highest BCUT2D eigenvalue weighted by Crippen LogP contribution is 2.09. The molecule has 188 valence electrons. The van der Waals surface area contributed by atoms with Gasteiger partial charge in [-0.25, -0.2) is 0 Å². The fourth-order valence-electron chi connectivity index (χ4n) is 2.88. The fourth-order valence-corrected chi connectivity index (χ4v) is 2.88. The van der Waals surface area contributed by atoms with E-state index in [9.17, 15) is 14.4 Å². The summed E-state index contributed by atoms with van der Waals surface area (Å²) in [6, 6.07) is 0. The summed E-state index contributed by atoms with van der Waals surface area (Å²) < 4.78 is 4.90. The second kappa shape index (κ2) is 25.3. The number of nitrogens with zero attached hydrogens (tertiary/aromatic N) is 1. The minimum Gasteiger partial charge on any atom is -0.461 e. The summed E-state index contributed by atoms with van der Waals surface area (Å²) in [5.41, 5.74) is 15.8. The Labute approximate surface area is 194 Å². The van der Waals surface area contributed by atoms with E-state index in [2.05, 4.69) is 11.9 Å². The number of rotatable bonds is 19. The molecule has 7 N–H and O–H groups in total. The van der Waals surface area contributed by atoms with Gasteiger partial charge in [-0.15, -0.1) is 0 Å². The third kappa shape index (κ3) is 22.7. The van der Waals surface area contributed by atoms with Crippen LogP contribution in [-0.2, 0) is 19.1 Å². The van der Waals surface area contributed by atoms with Crippen LogP contribution in [0.3, 0.4) is 0 Å². The van der Waals surface area contributed by atoms with Gasteiger partial charge in [-0.3, -0.25) is 14.4 Å². The van der Waals surface area contributed by atoms with Gasteiger partial charge in [0.1, 0.15) is 6.61 Å². The van der Waals surface area contributed by atoms with Gasteiger partial charge in [-0.1, -0.05) is 58.1 Å². The zero-order chi connectivity index (χ0) is 24.5. The number of ether oxygens (including phenoxy) is 1. The van der Waals surface area contributed by atoms with E-state index >= 15 is 0 Å². The molecule has 0 saturated carbocycles. The highest BCUT2D eigenvalue weighted by atomic mass is 16.5. The molecule has 0 aliphatic rings. The maximum atomic E-state index is 11.2. The minimum absolute atomic E-state index is 0.0706. The maximum absolute atomic E-state index is 11.2. The number of esters is 1. The van der Waals surface area contributed by atoms with Gasteiger partial charge in [0.2, 0.25) is 11.8 Å². The number of unbranched alkanes of at least 4 members (excludes halogenated alkanes) is 7. The van der Waals surface area contributed by atoms with Crippen LogP contribution in [0, 0.1) is 0 Å². The third-order valence-corrected chi connectivity index (χ3v) is 4.63. The number of carbonyl (C=O) groups excluding carboxylic acids is 3. The van der Waals surface area contributed by atoms with Crippen molar-refractivity contribution in [2.45, 2.75) is 71.1 Å². The van der Waals surface area contributed by atoms with E-state index in [1.165, 1.54) is 25.7 Å². The minimum atomic E-state index is -0.130. The van der Waals surface area contributed by atoms with Crippen molar-refractivity contribution >= 4 is 17.8 Å². The van der Waals surface area contributed by atoms with Crippen LogP contribution < -0.4 is 22.5 Å². The summed E-state index contributed by atoms with van der Waals surface area (Å²) in [5.74, 6) is -0.0862. The Kier molecular flexibility index (Phi) is 25.5. The molecule has 9 heteroatoms. The lowest BCUT2D eigenvalue weighted by Crippen LogP contribution is -2.38. The number of nitrogens with one attached hydrogen (secondary N) is 1. The Bertz CT molecular complexity index is 483. The first kappa shape index (κ1) is 32.2. The molecule has 0 aromatic rings. The van der Waals surface area contributed by atoms with E-state index in [1.54, 1.807) is 11.0 Å². The summed E-state index contributed by atoms with van der Waals surface area (Å²) in [7, 11) is 0. The largest absolute Gasteiger partial charge is 0.461 e. The Hall–Kier alpha value is -1.97. The van der Waals surface area contributed by atoms with Gasteiger partial charge >= 0.3 is 5.97 Å². The van der Waals surface area contributed by atoms with Gasteiger partial charge in [-0.05, 0) is 12.8 Å². The van der Waals surface area contributed by atoms with Crippen LogP contribution in [0.25, 0.3) is 0 Å². The van der Waals surface area contributed by atoms with E-state index in [-0.39, 0.29) is 24.3 Å². The van der Waals surface area contributed by atoms with E-state index in [4.69, 9.17) is 21.9 Å². The maximum Gasteiger partial charge on any atom is 0.306 e. The molecular weight excluding hydrogens is 410 g/mol. The standard InChI is InChI=1S/C16H30N2O3.C7H17N3O/c1-2-13-21-16(20)11-9-7-5-3-4-6-8-10-12-18-15(19)14-17;1-2-7(11)10(5-3-8)6-4-9/h2H,1,3-14,17H2,(H,18,19);2-6,8-9H2,1H3. The van der Waals surface area contributed by atoms with Gasteiger partial charge in [-0.2, -0.15) is 0 Å². The molecule has 0 aliphatic carbocycles. The Balaban J connectivity index is 0. The monoisotopic (exact) mass is 457 g/mol. The number of amides is 2. The molecule has 9 nitrogen and oxygen atoms in total. The summed E-state index contributed by atoms with van der Waals surface area (Å²) in [6.45, 7) is 8.68. The zero-order valence-corrected chi connectivity index (χ0v) is 20.1. The van der Waals surface area contributed by atoms with Crippen LogP contribution in [0.5, 0.6) is 0 Å². The molecule has 0 atom stereocenters. The Morgan fingerprint density at radius 3 is 1.91 bits per heavy atom. The second-order valence-corrected chi connectivity index (χ2v) is 7.42. The Morgan fingerprint density at radius 1 is 0.906 bits per heavy atom. The van der Waals surface area contributed by atoms with Crippen molar-refractivity contribution in [3.05, 3.63) is 12.7 Å². The first-order valence-corrected chi connectivity index (χ1v) is 11.9. The average Bonchev–Trinajstić information content (AvgIpc) is 2.80. The first-order chi connectivity index (χ1) is 15.5. The molecule has 0 rings (SSSR count). The lowest BCUT2D eigenvalue weighted by atomic mass is 10.1. The van der Waals surface area contributed by atoms with Gasteiger partial charge in [0, 0.05) is 45.6 Å². The lowest BCUT2D eigenvalue weighted by Gasteiger charge is -2.20. The quantitative estimate of drug-likeness (QED) is 0.130. The van der Waals surface area contributed by atoms with Crippen molar-refractivity contribution in [3.63, 3.8) is 0 Å². The van der Waals surface area contributed by atoms with Crippen LogP contribution in [0.1, 0.15) is 71.1 Å². The fraction of sp³-hybridized carbons (Fsp3) is 0.783. The molecule has 0 spiro atoms. The van der Waals surface area contributed by atoms with Gasteiger partial charge < -0.3 is 32.2 Å². The lowest BCUT2D eigenvalue weighted by molar-refractivity contribution is -0.142. The van der Waals surface area contributed by atoms with Crippen molar-refractivity contribution in [3.8, 4) is 0 Å². The molecule has 0 saturated heterocycles. The highest BCUT2D eigenvalue weighted by molar-refractivity contribution is 5.77. The Morgan fingerprint density at radius 2 is 1.44 bits per heavy atom. The number of nitrogens with two attached hydrogens (primary N) is 3. The van der Waals surface area contributed by atoms with Crippen LogP contribution in [0.15, 0.2) is 12.7 Å². The molecule has 0 heterocycles. The molecule has 0 radical (unpaired) electrons. The summed E-state index contributed by atoms with van der Waals surface area (Å²) >= 11 is 0. The molecule has 0 aromatic heterocycles. The van der Waals surface area contributed by atoms with Crippen LogP contribution >= 0.6 is 0 Å². The average molecular weight is 458 g/mol. The highest BCUT2D eigenvalue weighted by Gasteiger charge is 2.07. The number of carbonyl (C=O) groups is 3. The molecule has 0 bridgehead atoms. The second-order valence-electron chi connectivity index (χ2n) is 7.42. The molecule has 0 fully saturated rings. The van der Waals surface area contributed by atoms with Crippen molar-refractivity contribution in [1.29, 1.82) is 0 Å². The van der Waals surface area contributed by atoms with E-state index in [0.717, 1.165) is 32.2 Å². The molecule has 0 aliphatic heterocycles. The van der Waals surface area contributed by atoms with Gasteiger partial charge in [0.15, 0.2) is 0 Å². The van der Waals surface area contributed by atoms with Crippen LogP contribution in [0.2, 0.25) is 0 Å². The smallest absolute Gasteiger partial charge is 0.306 e. The summed E-state index contributed by atoms with van der Waals surface area (Å²) in [6.07, 6.45) is 11.5. The molecule has 0 aromatic carbocycles. The van der Waals surface area contributed by atoms with Crippen LogP contribution in [0.4, 0.5) is 0 Å². The first-order valence-electron chi connectivity index (χ1n) is 11.9. The predicted molar refractivity (Wildman–Crippen MR) is 130 cm³/mol. The molecule has 0 unspecified atom stereocenters. The third-order valence-electron chi connectivity index (χ3n) is 4.63. The van der Waals surface area contributed by atoms with E-state index in [1.807, 2.05) is 6.92 Å². The van der Waals surface area contributed by atoms with E-state index in [0.29, 0.717) is 45.6 Å². The normalized spacial score (nSPS) is 10.0. The van der Waals surface area contributed by atoms with Crippen molar-refractivity contribution in [2.75, 3.05) is 45.9 Å². The molecular formula is C23H47N5O4. The molecule has 32 heavy (non-hydrogen) atoms. The predicted octanol–water partition coefficient (Wildman–Crippen LogP) is 1.44. The topological polar surface area (TPSA) is 154 Å². The molecule has 2 amide bonds. The van der Waals surface area contributed by atoms with Crippen molar-refractivity contribution < 1.29 is 19.1 Å². The van der Waals surface area contributed by atoms with Crippen molar-refractivity contribution in [1.82, 2.24) is 10.2 Å². The van der Waals surface area contributed by atoms with E-state index < -0.39 is 0 Å². The zero-order valence-electron chi connectivity index (χ0n) is 20.1.